The van der Waals surface area contributed by atoms with E-state index < -0.39 is 11.6 Å². The number of carbonyl (C=O) groups excluding carboxylic acids is 1. The smallest absolute Gasteiger partial charge is 0.258 e. The van der Waals surface area contributed by atoms with E-state index in [0.29, 0.717) is 23.2 Å². The van der Waals surface area contributed by atoms with Gasteiger partial charge in [0.15, 0.2) is 0 Å². The van der Waals surface area contributed by atoms with Crippen molar-refractivity contribution in [2.45, 2.75) is 51.7 Å². The third-order valence-electron chi connectivity index (χ3n) is 6.25. The second-order valence-electron chi connectivity index (χ2n) is 7.53. The largest absolute Gasteiger partial charge is 0.509 e. The topological polar surface area (TPSA) is 81.0 Å². The average molecular weight is 341 g/mol. The van der Waals surface area contributed by atoms with Gasteiger partial charge in [0.05, 0.1) is 17.4 Å². The van der Waals surface area contributed by atoms with E-state index in [0.717, 1.165) is 11.1 Å². The van der Waals surface area contributed by atoms with E-state index >= 15 is 0 Å². The van der Waals surface area contributed by atoms with Gasteiger partial charge in [0.2, 0.25) is 0 Å². The lowest BCUT2D eigenvalue weighted by Crippen LogP contribution is -2.47. The number of anilines is 1. The molecule has 0 saturated carbocycles. The number of aliphatic hydroxyl groups is 2. The van der Waals surface area contributed by atoms with Gasteiger partial charge >= 0.3 is 0 Å². The lowest BCUT2D eigenvalue weighted by Gasteiger charge is -2.36. The molecule has 0 radical (unpaired) electrons. The highest BCUT2D eigenvalue weighted by molar-refractivity contribution is 6.12. The Hall–Kier alpha value is -2.27. The van der Waals surface area contributed by atoms with E-state index in [4.69, 9.17) is 0 Å². The van der Waals surface area contributed by atoms with Gasteiger partial charge in [-0.05, 0) is 43.4 Å². The van der Waals surface area contributed by atoms with Crippen molar-refractivity contribution in [2.75, 3.05) is 4.90 Å². The lowest BCUT2D eigenvalue weighted by molar-refractivity contribution is -0.115. The van der Waals surface area contributed by atoms with Crippen molar-refractivity contribution < 1.29 is 20.1 Å². The van der Waals surface area contributed by atoms with Crippen LogP contribution in [0.15, 0.2) is 35.1 Å². The molecule has 4 atom stereocenters. The second-order valence-corrected chi connectivity index (χ2v) is 7.53. The third kappa shape index (κ3) is 1.74. The number of allylic oxidation sites excluding steroid dienone is 1. The van der Waals surface area contributed by atoms with E-state index in [1.807, 2.05) is 26.8 Å². The quantitative estimate of drug-likeness (QED) is 0.684. The molecule has 5 nitrogen and oxygen atoms in total. The average Bonchev–Trinajstić information content (AvgIpc) is 2.87. The van der Waals surface area contributed by atoms with Gasteiger partial charge in [-0.2, -0.15) is 0 Å². The summed E-state index contributed by atoms with van der Waals surface area (Å²) >= 11 is 0. The standard InChI is InChI=1S/C20H23NO4/c1-5-20-8-9(2)15-10(3)17(23)13-6-12(22)7-14(16(13)15)21(20)19(25)11(4)18(20)24/h6-8,10,15,17,22-24H,5H2,1-4H3/t10-,15-,17+,20+/m1/s1. The van der Waals surface area contributed by atoms with Gasteiger partial charge in [-0.15, -0.1) is 0 Å². The van der Waals surface area contributed by atoms with Crippen molar-refractivity contribution in [2.24, 2.45) is 5.92 Å². The molecule has 0 fully saturated rings. The SMILES string of the molecule is CC[C@@]12C=C(C)[C@H]3c4c(cc(O)cc4N1C(=O)C(C)=C2O)[C@@H](O)[C@@H]3C. The van der Waals surface area contributed by atoms with Crippen LogP contribution in [0.2, 0.25) is 0 Å². The first-order valence-corrected chi connectivity index (χ1v) is 8.73. The van der Waals surface area contributed by atoms with Crippen LogP contribution in [0.5, 0.6) is 5.75 Å². The minimum absolute atomic E-state index is 0.0158. The van der Waals surface area contributed by atoms with Crippen LogP contribution in [0.3, 0.4) is 0 Å². The van der Waals surface area contributed by atoms with Gasteiger partial charge in [-0.25, -0.2) is 0 Å². The Balaban J connectivity index is 2.12. The molecule has 2 aliphatic heterocycles. The fourth-order valence-corrected chi connectivity index (χ4v) is 5.02. The van der Waals surface area contributed by atoms with Gasteiger partial charge in [-0.1, -0.05) is 25.5 Å². The summed E-state index contributed by atoms with van der Waals surface area (Å²) in [5.74, 6) is -0.281. The number of hydrogen-bond donors (Lipinski definition) is 3. The van der Waals surface area contributed by atoms with Crippen molar-refractivity contribution in [3.8, 4) is 5.75 Å². The van der Waals surface area contributed by atoms with E-state index in [1.165, 1.54) is 0 Å². The molecular formula is C20H23NO4. The zero-order chi connectivity index (χ0) is 18.3. The predicted molar refractivity (Wildman–Crippen MR) is 94.6 cm³/mol. The molecule has 1 aromatic rings. The molecule has 132 valence electrons. The van der Waals surface area contributed by atoms with Crippen LogP contribution in [0.1, 0.15) is 57.3 Å². The molecule has 1 amide bonds. The summed E-state index contributed by atoms with van der Waals surface area (Å²) in [7, 11) is 0. The maximum Gasteiger partial charge on any atom is 0.258 e. The summed E-state index contributed by atoms with van der Waals surface area (Å²) in [6.07, 6.45) is 1.80. The first-order chi connectivity index (χ1) is 11.7. The summed E-state index contributed by atoms with van der Waals surface area (Å²) in [6.45, 7) is 7.54. The maximum absolute atomic E-state index is 13.0. The molecule has 25 heavy (non-hydrogen) atoms. The number of benzene rings is 1. The highest BCUT2D eigenvalue weighted by atomic mass is 16.3. The number of aromatic hydroxyl groups is 1. The number of aliphatic hydroxyl groups excluding tert-OH is 2. The Bertz CT molecular complexity index is 869. The highest BCUT2D eigenvalue weighted by Crippen LogP contribution is 2.58. The predicted octanol–water partition coefficient (Wildman–Crippen LogP) is 3.45. The first kappa shape index (κ1) is 16.2. The Morgan fingerprint density at radius 1 is 1.24 bits per heavy atom. The molecule has 2 heterocycles. The van der Waals surface area contributed by atoms with Gasteiger partial charge in [0.25, 0.3) is 5.91 Å². The molecular weight excluding hydrogens is 318 g/mol. The van der Waals surface area contributed by atoms with Crippen molar-refractivity contribution in [1.82, 2.24) is 0 Å². The Morgan fingerprint density at radius 2 is 1.92 bits per heavy atom. The molecule has 3 N–H and O–H groups in total. The van der Waals surface area contributed by atoms with Crippen LogP contribution >= 0.6 is 0 Å². The number of rotatable bonds is 1. The zero-order valence-electron chi connectivity index (χ0n) is 14.9. The normalized spacial score (nSPS) is 33.3. The third-order valence-corrected chi connectivity index (χ3v) is 6.25. The lowest BCUT2D eigenvalue weighted by atomic mass is 9.84. The van der Waals surface area contributed by atoms with Gasteiger partial charge < -0.3 is 15.3 Å². The van der Waals surface area contributed by atoms with Gasteiger partial charge in [0.1, 0.15) is 17.0 Å². The van der Waals surface area contributed by atoms with Gasteiger partial charge in [-0.3, -0.25) is 9.69 Å². The monoisotopic (exact) mass is 341 g/mol. The maximum atomic E-state index is 13.0. The fraction of sp³-hybridized carbons (Fsp3) is 0.450. The minimum Gasteiger partial charge on any atom is -0.509 e. The molecule has 1 aromatic carbocycles. The van der Waals surface area contributed by atoms with Crippen LogP contribution in [0.4, 0.5) is 5.69 Å². The minimum atomic E-state index is -0.929. The van der Waals surface area contributed by atoms with Crippen LogP contribution in [-0.4, -0.2) is 26.8 Å². The van der Waals surface area contributed by atoms with E-state index in [2.05, 4.69) is 0 Å². The van der Waals surface area contributed by atoms with Crippen molar-refractivity contribution >= 4 is 11.6 Å². The number of phenols is 1. The van der Waals surface area contributed by atoms with Crippen molar-refractivity contribution in [1.29, 1.82) is 0 Å². The summed E-state index contributed by atoms with van der Waals surface area (Å²) in [5.41, 5.74) is 2.57. The molecule has 1 aliphatic carbocycles. The Kier molecular flexibility index (Phi) is 3.17. The van der Waals surface area contributed by atoms with Crippen molar-refractivity contribution in [3.63, 3.8) is 0 Å². The summed E-state index contributed by atoms with van der Waals surface area (Å²) in [5, 5.41) is 31.7. The summed E-state index contributed by atoms with van der Waals surface area (Å²) in [6, 6.07) is 3.17. The summed E-state index contributed by atoms with van der Waals surface area (Å²) < 4.78 is 0. The number of fused-ring (bicyclic) bond motifs is 2. The van der Waals surface area contributed by atoms with E-state index in [9.17, 15) is 20.1 Å². The molecule has 3 aliphatic rings. The van der Waals surface area contributed by atoms with Crippen LogP contribution in [0, 0.1) is 5.92 Å². The molecule has 0 bridgehead atoms. The second kappa shape index (κ2) is 4.88. The van der Waals surface area contributed by atoms with Gasteiger partial charge in [0, 0.05) is 12.0 Å². The molecule has 4 rings (SSSR count). The number of phenolic OH excluding ortho intramolecular Hbond substituents is 1. The number of carbonyl (C=O) groups is 1. The molecule has 0 saturated heterocycles. The fourth-order valence-electron chi connectivity index (χ4n) is 5.02. The number of amides is 1. The zero-order valence-corrected chi connectivity index (χ0v) is 14.9. The molecule has 0 spiro atoms. The molecule has 0 unspecified atom stereocenters. The number of hydrogen-bond acceptors (Lipinski definition) is 4. The van der Waals surface area contributed by atoms with Crippen molar-refractivity contribution in [3.05, 3.63) is 46.2 Å². The Morgan fingerprint density at radius 3 is 2.56 bits per heavy atom. The molecule has 0 aromatic heterocycles. The highest BCUT2D eigenvalue weighted by Gasteiger charge is 2.54. The van der Waals surface area contributed by atoms with Crippen LogP contribution in [-0.2, 0) is 4.79 Å². The van der Waals surface area contributed by atoms with E-state index in [1.54, 1.807) is 24.0 Å². The summed E-state index contributed by atoms with van der Waals surface area (Å²) in [4.78, 5) is 14.6. The number of nitrogens with zero attached hydrogens (tertiary/aromatic N) is 1. The van der Waals surface area contributed by atoms with Crippen LogP contribution in [0.25, 0.3) is 0 Å². The Labute approximate surface area is 146 Å². The van der Waals surface area contributed by atoms with E-state index in [-0.39, 0.29) is 29.3 Å². The molecule has 5 heteroatoms. The first-order valence-electron chi connectivity index (χ1n) is 8.73. The van der Waals surface area contributed by atoms with Crippen LogP contribution < -0.4 is 4.90 Å².